The van der Waals surface area contributed by atoms with Crippen LogP contribution in [0.2, 0.25) is 0 Å². The predicted octanol–water partition coefficient (Wildman–Crippen LogP) is 3.89. The van der Waals surface area contributed by atoms with Crippen LogP contribution in [0, 0.1) is 5.92 Å². The quantitative estimate of drug-likeness (QED) is 0.394. The van der Waals surface area contributed by atoms with Crippen molar-refractivity contribution in [2.75, 3.05) is 27.9 Å². The van der Waals surface area contributed by atoms with E-state index >= 15 is 0 Å². The second kappa shape index (κ2) is 11.8. The van der Waals surface area contributed by atoms with E-state index in [0.717, 1.165) is 7.11 Å². The van der Waals surface area contributed by atoms with Crippen LogP contribution < -0.4 is 4.74 Å². The monoisotopic (exact) mass is 477 g/mol. The maximum Gasteiger partial charge on any atom is 0.410 e. The van der Waals surface area contributed by atoms with Gasteiger partial charge in [-0.2, -0.15) is 13.2 Å². The van der Waals surface area contributed by atoms with Crippen LogP contribution in [0.1, 0.15) is 38.3 Å². The van der Waals surface area contributed by atoms with Crippen LogP contribution in [-0.2, 0) is 36.8 Å². The molecule has 33 heavy (non-hydrogen) atoms. The van der Waals surface area contributed by atoms with Crippen molar-refractivity contribution in [3.8, 4) is 5.75 Å². The first-order chi connectivity index (χ1) is 15.2. The van der Waals surface area contributed by atoms with Gasteiger partial charge in [0.1, 0.15) is 17.9 Å². The van der Waals surface area contributed by atoms with Crippen LogP contribution in [0.5, 0.6) is 5.75 Å². The number of carbonyl (C=O) groups is 3. The largest absolute Gasteiger partial charge is 0.497 e. The Morgan fingerprint density at radius 1 is 1.00 bits per heavy atom. The lowest BCUT2D eigenvalue weighted by Gasteiger charge is -2.29. The van der Waals surface area contributed by atoms with Gasteiger partial charge in [-0.1, -0.05) is 6.07 Å². The summed E-state index contributed by atoms with van der Waals surface area (Å²) in [7, 11) is 3.72. The molecule has 0 radical (unpaired) electrons. The van der Waals surface area contributed by atoms with Crippen molar-refractivity contribution in [3.05, 3.63) is 29.3 Å². The number of rotatable bonds is 9. The molecule has 1 amide bonds. The zero-order chi connectivity index (χ0) is 25.4. The minimum Gasteiger partial charge on any atom is -0.497 e. The normalized spacial score (nSPS) is 12.5. The molecule has 1 aromatic carbocycles. The number of ether oxygens (including phenoxy) is 4. The molecule has 0 aliphatic heterocycles. The molecule has 0 saturated heterocycles. The molecule has 0 aliphatic carbocycles. The molecular formula is C22H30F3NO7. The molecule has 1 aromatic rings. The van der Waals surface area contributed by atoms with Gasteiger partial charge in [0.2, 0.25) is 0 Å². The topological polar surface area (TPSA) is 91.4 Å². The average molecular weight is 477 g/mol. The number of hydrogen-bond donors (Lipinski definition) is 0. The van der Waals surface area contributed by atoms with Gasteiger partial charge in [-0.15, -0.1) is 0 Å². The molecule has 0 aliphatic rings. The number of esters is 2. The summed E-state index contributed by atoms with van der Waals surface area (Å²) < 4.78 is 59.3. The van der Waals surface area contributed by atoms with Gasteiger partial charge < -0.3 is 18.9 Å². The lowest BCUT2D eigenvalue weighted by atomic mass is 9.92. The number of nitrogens with zero attached hydrogens (tertiary/aromatic N) is 1. The summed E-state index contributed by atoms with van der Waals surface area (Å²) in [5.74, 6) is -1.92. The number of carbonyl (C=O) groups excluding carboxylic acids is 3. The van der Waals surface area contributed by atoms with E-state index in [9.17, 15) is 27.6 Å². The number of hydrogen-bond acceptors (Lipinski definition) is 7. The maximum atomic E-state index is 13.2. The average Bonchev–Trinajstić information content (AvgIpc) is 2.70. The van der Waals surface area contributed by atoms with Gasteiger partial charge in [-0.05, 0) is 50.5 Å². The molecule has 186 valence electrons. The Labute approximate surface area is 190 Å². The van der Waals surface area contributed by atoms with Crippen molar-refractivity contribution < 1.29 is 46.5 Å². The summed E-state index contributed by atoms with van der Waals surface area (Å²) in [4.78, 5) is 36.9. The van der Waals surface area contributed by atoms with E-state index in [1.807, 2.05) is 0 Å². The van der Waals surface area contributed by atoms with Crippen molar-refractivity contribution in [1.29, 1.82) is 0 Å². The van der Waals surface area contributed by atoms with E-state index in [4.69, 9.17) is 14.2 Å². The van der Waals surface area contributed by atoms with Gasteiger partial charge in [0, 0.05) is 6.54 Å². The molecule has 0 aromatic heterocycles. The van der Waals surface area contributed by atoms with Crippen molar-refractivity contribution in [2.24, 2.45) is 5.92 Å². The number of halogens is 3. The third-order valence-corrected chi connectivity index (χ3v) is 4.44. The van der Waals surface area contributed by atoms with E-state index in [-0.39, 0.29) is 12.8 Å². The summed E-state index contributed by atoms with van der Waals surface area (Å²) in [5, 5.41) is 0. The van der Waals surface area contributed by atoms with Crippen molar-refractivity contribution >= 4 is 18.0 Å². The molecule has 1 unspecified atom stereocenters. The van der Waals surface area contributed by atoms with Crippen LogP contribution in [0.15, 0.2) is 18.2 Å². The Morgan fingerprint density at radius 2 is 1.64 bits per heavy atom. The van der Waals surface area contributed by atoms with Crippen LogP contribution in [-0.4, -0.2) is 62.6 Å². The third kappa shape index (κ3) is 10.0. The van der Waals surface area contributed by atoms with Gasteiger partial charge in [0.25, 0.3) is 0 Å². The number of methoxy groups -OCH3 is 3. The third-order valence-electron chi connectivity index (χ3n) is 4.44. The zero-order valence-electron chi connectivity index (χ0n) is 19.6. The number of alkyl halides is 3. The number of amides is 1. The fourth-order valence-corrected chi connectivity index (χ4v) is 2.96. The van der Waals surface area contributed by atoms with E-state index in [1.54, 1.807) is 32.9 Å². The Hall–Kier alpha value is -2.98. The zero-order valence-corrected chi connectivity index (χ0v) is 19.6. The molecule has 1 atom stereocenters. The Kier molecular flexibility index (Phi) is 10.00. The molecule has 0 N–H and O–H groups in total. The summed E-state index contributed by atoms with van der Waals surface area (Å²) >= 11 is 0. The highest BCUT2D eigenvalue weighted by atomic mass is 19.4. The fraction of sp³-hybridized carbons (Fsp3) is 0.591. The van der Waals surface area contributed by atoms with Crippen LogP contribution >= 0.6 is 0 Å². The van der Waals surface area contributed by atoms with Crippen LogP contribution in [0.3, 0.4) is 0 Å². The van der Waals surface area contributed by atoms with E-state index in [0.29, 0.717) is 21.8 Å². The molecule has 0 heterocycles. The van der Waals surface area contributed by atoms with Gasteiger partial charge in [0.05, 0.1) is 33.7 Å². The highest BCUT2D eigenvalue weighted by Crippen LogP contribution is 2.26. The maximum absolute atomic E-state index is 13.2. The Morgan fingerprint density at radius 3 is 2.12 bits per heavy atom. The van der Waals surface area contributed by atoms with Gasteiger partial charge >= 0.3 is 24.2 Å². The summed E-state index contributed by atoms with van der Waals surface area (Å²) in [6.45, 7) is 2.62. The van der Waals surface area contributed by atoms with E-state index < -0.39 is 48.8 Å². The number of benzene rings is 1. The van der Waals surface area contributed by atoms with Crippen LogP contribution in [0.4, 0.5) is 18.0 Å². The summed E-state index contributed by atoms with van der Waals surface area (Å²) in [5.41, 5.74) is -0.275. The molecule has 0 fully saturated rings. The minimum absolute atomic E-state index is 0.0325. The first-order valence-electron chi connectivity index (χ1n) is 10.0. The Bertz CT molecular complexity index is 834. The minimum atomic E-state index is -4.67. The summed E-state index contributed by atoms with van der Waals surface area (Å²) in [6, 6.07) is 4.59. The lowest BCUT2D eigenvalue weighted by Crippen LogP contribution is -2.41. The molecule has 8 nitrogen and oxygen atoms in total. The first-order valence-corrected chi connectivity index (χ1v) is 10.0. The van der Waals surface area contributed by atoms with Gasteiger partial charge in [-0.3, -0.25) is 14.5 Å². The summed E-state index contributed by atoms with van der Waals surface area (Å²) in [6.07, 6.45) is -6.13. The molecular weight excluding hydrogens is 447 g/mol. The molecule has 11 heteroatoms. The standard InChI is InChI=1S/C22H30F3NO7/c1-21(2,3)33-20(29)26(13-22(23,24)25)12-16-10-17(30-4)8-7-14(16)9-15(19(28)32-6)11-18(27)31-5/h7-8,10,15H,9,11-13H2,1-6H3. The first kappa shape index (κ1) is 28.1. The second-order valence-electron chi connectivity index (χ2n) is 8.29. The molecule has 0 spiro atoms. The molecule has 0 saturated carbocycles. The van der Waals surface area contributed by atoms with Gasteiger partial charge in [0.15, 0.2) is 0 Å². The molecule has 0 bridgehead atoms. The van der Waals surface area contributed by atoms with Crippen molar-refractivity contribution in [1.82, 2.24) is 4.90 Å². The predicted molar refractivity (Wildman–Crippen MR) is 112 cm³/mol. The Balaban J connectivity index is 3.35. The highest BCUT2D eigenvalue weighted by Gasteiger charge is 2.35. The van der Waals surface area contributed by atoms with Gasteiger partial charge in [-0.25, -0.2) is 4.79 Å². The smallest absolute Gasteiger partial charge is 0.410 e. The van der Waals surface area contributed by atoms with Crippen molar-refractivity contribution in [3.63, 3.8) is 0 Å². The lowest BCUT2D eigenvalue weighted by molar-refractivity contribution is -0.152. The second-order valence-corrected chi connectivity index (χ2v) is 8.29. The molecule has 1 rings (SSSR count). The van der Waals surface area contributed by atoms with Crippen molar-refractivity contribution in [2.45, 2.75) is 51.9 Å². The SMILES string of the molecule is COC(=O)CC(Cc1ccc(OC)cc1CN(CC(F)(F)F)C(=O)OC(C)(C)C)C(=O)OC. The van der Waals surface area contributed by atoms with E-state index in [1.165, 1.54) is 20.3 Å². The fourth-order valence-electron chi connectivity index (χ4n) is 2.96. The van der Waals surface area contributed by atoms with Crippen LogP contribution in [0.25, 0.3) is 0 Å². The van der Waals surface area contributed by atoms with E-state index in [2.05, 4.69) is 4.74 Å². The highest BCUT2D eigenvalue weighted by molar-refractivity contribution is 5.80.